The molecule has 1 N–H and O–H groups in total. The smallest absolute Gasteiger partial charge is 0.254 e. The van der Waals surface area contributed by atoms with Crippen LogP contribution in [0.4, 0.5) is 4.39 Å². The maximum Gasteiger partial charge on any atom is 0.254 e. The summed E-state index contributed by atoms with van der Waals surface area (Å²) < 4.78 is 19.8. The number of methoxy groups -OCH3 is 1. The number of carbonyl (C=O) groups is 1. The monoisotopic (exact) mass is 385 g/mol. The lowest BCUT2D eigenvalue weighted by atomic mass is 10.1. The number of rotatable bonds is 4. The molecular formula is C15H13FINO2. The first-order chi connectivity index (χ1) is 9.61. The molecule has 0 saturated heterocycles. The molecule has 2 aromatic carbocycles. The number of halogens is 2. The largest absolute Gasteiger partial charge is 0.496 e. The van der Waals surface area contributed by atoms with Gasteiger partial charge in [-0.05, 0) is 52.9 Å². The topological polar surface area (TPSA) is 38.3 Å². The summed E-state index contributed by atoms with van der Waals surface area (Å²) in [5.41, 5.74) is 0.890. The van der Waals surface area contributed by atoms with Crippen LogP contribution >= 0.6 is 22.6 Å². The molecule has 0 aromatic heterocycles. The summed E-state index contributed by atoms with van der Waals surface area (Å²) in [6.07, 6.45) is 0. The van der Waals surface area contributed by atoms with Crippen molar-refractivity contribution in [1.29, 1.82) is 0 Å². The molecule has 0 spiro atoms. The van der Waals surface area contributed by atoms with Gasteiger partial charge >= 0.3 is 0 Å². The molecular weight excluding hydrogens is 372 g/mol. The lowest BCUT2D eigenvalue weighted by Gasteiger charge is -2.10. The molecule has 0 saturated carbocycles. The van der Waals surface area contributed by atoms with E-state index < -0.39 is 11.7 Å². The molecule has 1 amide bonds. The van der Waals surface area contributed by atoms with Crippen LogP contribution in [0.5, 0.6) is 5.75 Å². The molecule has 0 radical (unpaired) electrons. The minimum Gasteiger partial charge on any atom is -0.496 e. The highest BCUT2D eigenvalue weighted by atomic mass is 127. The Morgan fingerprint density at radius 3 is 2.75 bits per heavy atom. The minimum atomic E-state index is -0.528. The van der Waals surface area contributed by atoms with Gasteiger partial charge in [0.15, 0.2) is 0 Å². The first-order valence-corrected chi connectivity index (χ1v) is 7.05. The van der Waals surface area contributed by atoms with E-state index in [1.54, 1.807) is 19.2 Å². The molecule has 0 bridgehead atoms. The number of benzene rings is 2. The fourth-order valence-electron chi connectivity index (χ4n) is 1.80. The van der Waals surface area contributed by atoms with Gasteiger partial charge in [0.2, 0.25) is 0 Å². The highest BCUT2D eigenvalue weighted by Crippen LogP contribution is 2.20. The number of ether oxygens (including phenoxy) is 1. The zero-order chi connectivity index (χ0) is 14.5. The van der Waals surface area contributed by atoms with Crippen molar-refractivity contribution in [3.8, 4) is 5.75 Å². The number of nitrogens with one attached hydrogen (secondary N) is 1. The van der Waals surface area contributed by atoms with E-state index in [-0.39, 0.29) is 12.1 Å². The van der Waals surface area contributed by atoms with E-state index in [9.17, 15) is 9.18 Å². The molecule has 0 aliphatic heterocycles. The van der Waals surface area contributed by atoms with Crippen molar-refractivity contribution >= 4 is 28.5 Å². The van der Waals surface area contributed by atoms with E-state index in [0.717, 1.165) is 9.13 Å². The summed E-state index contributed by atoms with van der Waals surface area (Å²) in [7, 11) is 1.57. The third-order valence-corrected chi connectivity index (χ3v) is 3.47. The summed E-state index contributed by atoms with van der Waals surface area (Å²) in [4.78, 5) is 11.9. The highest BCUT2D eigenvalue weighted by molar-refractivity contribution is 14.1. The maximum absolute atomic E-state index is 13.5. The van der Waals surface area contributed by atoms with Crippen molar-refractivity contribution in [3.63, 3.8) is 0 Å². The number of amides is 1. The Morgan fingerprint density at radius 1 is 1.30 bits per heavy atom. The summed E-state index contributed by atoms with van der Waals surface area (Å²) in [6.45, 7) is 0.285. The van der Waals surface area contributed by atoms with Crippen LogP contribution in [-0.4, -0.2) is 13.0 Å². The van der Waals surface area contributed by atoms with Gasteiger partial charge in [-0.2, -0.15) is 0 Å². The van der Waals surface area contributed by atoms with Gasteiger partial charge in [-0.15, -0.1) is 0 Å². The van der Waals surface area contributed by atoms with Crippen molar-refractivity contribution in [3.05, 3.63) is 63.0 Å². The predicted octanol–water partition coefficient (Wildman–Crippen LogP) is 3.37. The second-order valence-corrected chi connectivity index (χ2v) is 5.36. The normalized spacial score (nSPS) is 10.2. The number of carbonyl (C=O) groups excluding carboxylic acids is 1. The van der Waals surface area contributed by atoms with Crippen LogP contribution in [0.1, 0.15) is 15.9 Å². The van der Waals surface area contributed by atoms with Crippen molar-refractivity contribution in [2.75, 3.05) is 7.11 Å². The van der Waals surface area contributed by atoms with Crippen LogP contribution in [0.25, 0.3) is 0 Å². The van der Waals surface area contributed by atoms with Crippen LogP contribution in [-0.2, 0) is 6.54 Å². The first-order valence-electron chi connectivity index (χ1n) is 5.97. The second kappa shape index (κ2) is 6.69. The standard InChI is InChI=1S/C15H13FINO2/c1-20-14-7-6-11(17)8-10(14)9-18-15(19)12-4-2-3-5-13(12)16/h2-8H,9H2,1H3,(H,18,19). The van der Waals surface area contributed by atoms with Gasteiger partial charge in [0.05, 0.1) is 12.7 Å². The van der Waals surface area contributed by atoms with Crippen molar-refractivity contribution in [2.45, 2.75) is 6.54 Å². The Hall–Kier alpha value is -1.63. The van der Waals surface area contributed by atoms with Crippen LogP contribution in [0.3, 0.4) is 0 Å². The molecule has 2 aromatic rings. The summed E-state index contributed by atoms with van der Waals surface area (Å²) in [6, 6.07) is 11.6. The predicted molar refractivity (Wildman–Crippen MR) is 83.3 cm³/mol. The van der Waals surface area contributed by atoms with E-state index in [1.807, 2.05) is 18.2 Å². The van der Waals surface area contributed by atoms with E-state index in [1.165, 1.54) is 12.1 Å². The van der Waals surface area contributed by atoms with E-state index in [2.05, 4.69) is 27.9 Å². The minimum absolute atomic E-state index is 0.0390. The molecule has 0 fully saturated rings. The van der Waals surface area contributed by atoms with E-state index in [0.29, 0.717) is 5.75 Å². The summed E-state index contributed by atoms with van der Waals surface area (Å²) in [5, 5.41) is 2.70. The molecule has 20 heavy (non-hydrogen) atoms. The molecule has 0 aliphatic carbocycles. The lowest BCUT2D eigenvalue weighted by molar-refractivity contribution is 0.0946. The highest BCUT2D eigenvalue weighted by Gasteiger charge is 2.11. The Bertz CT molecular complexity index is 631. The third kappa shape index (κ3) is 3.47. The fraction of sp³-hybridized carbons (Fsp3) is 0.133. The number of hydrogen-bond acceptors (Lipinski definition) is 2. The third-order valence-electron chi connectivity index (χ3n) is 2.80. The van der Waals surface area contributed by atoms with Crippen molar-refractivity contribution in [2.24, 2.45) is 0 Å². The lowest BCUT2D eigenvalue weighted by Crippen LogP contribution is -2.24. The van der Waals surface area contributed by atoms with Gasteiger partial charge in [-0.1, -0.05) is 12.1 Å². The Kier molecular flexibility index (Phi) is 4.94. The molecule has 0 heterocycles. The Balaban J connectivity index is 2.11. The Labute approximate surface area is 130 Å². The van der Waals surface area contributed by atoms with E-state index >= 15 is 0 Å². The fourth-order valence-corrected chi connectivity index (χ4v) is 2.36. The van der Waals surface area contributed by atoms with Gasteiger partial charge < -0.3 is 10.1 Å². The Morgan fingerprint density at radius 2 is 2.05 bits per heavy atom. The zero-order valence-electron chi connectivity index (χ0n) is 10.8. The summed E-state index contributed by atoms with van der Waals surface area (Å²) in [5.74, 6) is -0.275. The van der Waals surface area contributed by atoms with Gasteiger partial charge in [0.25, 0.3) is 5.91 Å². The van der Waals surface area contributed by atoms with Gasteiger partial charge in [0.1, 0.15) is 11.6 Å². The van der Waals surface area contributed by atoms with Crippen LogP contribution in [0, 0.1) is 9.39 Å². The van der Waals surface area contributed by atoms with Crippen LogP contribution in [0.15, 0.2) is 42.5 Å². The SMILES string of the molecule is COc1ccc(I)cc1CNC(=O)c1ccccc1F. The number of hydrogen-bond donors (Lipinski definition) is 1. The summed E-state index contributed by atoms with van der Waals surface area (Å²) >= 11 is 2.18. The first kappa shape index (κ1) is 14.8. The van der Waals surface area contributed by atoms with Gasteiger partial charge in [-0.3, -0.25) is 4.79 Å². The quantitative estimate of drug-likeness (QED) is 0.820. The average Bonchev–Trinajstić information content (AvgIpc) is 2.45. The van der Waals surface area contributed by atoms with Gasteiger partial charge in [-0.25, -0.2) is 4.39 Å². The van der Waals surface area contributed by atoms with Crippen LogP contribution < -0.4 is 10.1 Å². The molecule has 2 rings (SSSR count). The molecule has 104 valence electrons. The zero-order valence-corrected chi connectivity index (χ0v) is 13.0. The van der Waals surface area contributed by atoms with Crippen LogP contribution in [0.2, 0.25) is 0 Å². The van der Waals surface area contributed by atoms with Crippen molar-refractivity contribution in [1.82, 2.24) is 5.32 Å². The molecule has 5 heteroatoms. The second-order valence-electron chi connectivity index (χ2n) is 4.12. The van der Waals surface area contributed by atoms with Crippen molar-refractivity contribution < 1.29 is 13.9 Å². The molecule has 0 atom stereocenters. The molecule has 3 nitrogen and oxygen atoms in total. The average molecular weight is 385 g/mol. The maximum atomic E-state index is 13.5. The molecule has 0 aliphatic rings. The van der Waals surface area contributed by atoms with E-state index in [4.69, 9.17) is 4.74 Å². The molecule has 0 unspecified atom stereocenters. The van der Waals surface area contributed by atoms with Gasteiger partial charge in [0, 0.05) is 15.7 Å².